The van der Waals surface area contributed by atoms with E-state index in [1.807, 2.05) is 24.3 Å². The molecule has 0 spiro atoms. The van der Waals surface area contributed by atoms with Gasteiger partial charge in [0.05, 0.1) is 0 Å². The summed E-state index contributed by atoms with van der Waals surface area (Å²) in [6, 6.07) is 0. The Bertz CT molecular complexity index is 1280. The van der Waals surface area contributed by atoms with Crippen LogP contribution in [0.4, 0.5) is 0 Å². The van der Waals surface area contributed by atoms with Gasteiger partial charge in [-0.1, -0.05) is 188 Å². The fraction of sp³-hybridized carbons (Fsp3) is 0.611. The maximum atomic E-state index is 12.8. The molecule has 0 aromatic rings. The molecule has 0 N–H and O–H groups in total. The van der Waals surface area contributed by atoms with Gasteiger partial charge in [-0.25, -0.2) is 0 Å². The van der Waals surface area contributed by atoms with Crippen molar-refractivity contribution >= 4 is 17.9 Å². The van der Waals surface area contributed by atoms with Crippen molar-refractivity contribution < 1.29 is 28.6 Å². The summed E-state index contributed by atoms with van der Waals surface area (Å²) in [7, 11) is 0. The number of rotatable bonds is 41. The minimum atomic E-state index is -0.810. The summed E-state index contributed by atoms with van der Waals surface area (Å²) < 4.78 is 16.7. The quantitative estimate of drug-likeness (QED) is 0.0201. The van der Waals surface area contributed by atoms with Gasteiger partial charge in [0.25, 0.3) is 0 Å². The van der Waals surface area contributed by atoms with Crippen molar-refractivity contribution in [1.82, 2.24) is 0 Å². The van der Waals surface area contributed by atoms with E-state index < -0.39 is 6.10 Å². The molecule has 338 valence electrons. The van der Waals surface area contributed by atoms with Gasteiger partial charge in [-0.2, -0.15) is 0 Å². The summed E-state index contributed by atoms with van der Waals surface area (Å²) in [6.07, 6.45) is 63.5. The minimum Gasteiger partial charge on any atom is -0.462 e. The van der Waals surface area contributed by atoms with Crippen LogP contribution in [0.2, 0.25) is 0 Å². The highest BCUT2D eigenvalue weighted by molar-refractivity contribution is 5.71. The van der Waals surface area contributed by atoms with E-state index in [2.05, 4.69) is 106 Å². The first-order valence-electron chi connectivity index (χ1n) is 24.0. The van der Waals surface area contributed by atoms with E-state index in [0.29, 0.717) is 19.3 Å². The molecule has 0 aliphatic carbocycles. The van der Waals surface area contributed by atoms with Gasteiger partial charge in [0.1, 0.15) is 13.2 Å². The molecule has 6 heteroatoms. The van der Waals surface area contributed by atoms with Crippen LogP contribution in [0.1, 0.15) is 194 Å². The summed E-state index contributed by atoms with van der Waals surface area (Å²) >= 11 is 0. The molecule has 0 bridgehead atoms. The van der Waals surface area contributed by atoms with E-state index in [1.54, 1.807) is 0 Å². The Morgan fingerprint density at radius 3 is 1.27 bits per heavy atom. The van der Waals surface area contributed by atoms with Crippen LogP contribution in [0, 0.1) is 0 Å². The standard InChI is InChI=1S/C54H86O6/c1-4-7-10-13-16-19-22-25-27-29-32-35-38-41-44-47-53(56)59-50-51(49-58-52(55)46-43-40-37-34-31-24-21-18-15-12-9-6-3)60-54(57)48-45-42-39-36-33-30-28-26-23-20-17-14-11-8-5-2/h7,9-10,12-13,16-23,25-27,31,34,51H,4-6,8,11,14-15,24,28-30,32-33,35-50H2,1-3H3/b10-7-,12-9-,16-13-,20-17-,21-18-,22-19-,26-23-,27-25-,34-31-. The van der Waals surface area contributed by atoms with Crippen molar-refractivity contribution in [3.63, 3.8) is 0 Å². The molecular formula is C54H86O6. The van der Waals surface area contributed by atoms with Crippen LogP contribution in [-0.2, 0) is 28.6 Å². The normalized spacial score (nSPS) is 13.1. The second-order valence-corrected chi connectivity index (χ2v) is 15.4. The van der Waals surface area contributed by atoms with Crippen LogP contribution in [0.25, 0.3) is 0 Å². The Balaban J connectivity index is 4.52. The Morgan fingerprint density at radius 1 is 0.367 bits per heavy atom. The first kappa shape index (κ1) is 56.1. The first-order valence-corrected chi connectivity index (χ1v) is 24.0. The van der Waals surface area contributed by atoms with E-state index in [1.165, 1.54) is 32.1 Å². The molecule has 6 nitrogen and oxygen atoms in total. The predicted molar refractivity (Wildman–Crippen MR) is 256 cm³/mol. The second-order valence-electron chi connectivity index (χ2n) is 15.4. The molecule has 0 aliphatic heterocycles. The molecule has 0 fully saturated rings. The van der Waals surface area contributed by atoms with Gasteiger partial charge in [-0.15, -0.1) is 0 Å². The zero-order valence-corrected chi connectivity index (χ0v) is 38.4. The lowest BCUT2D eigenvalue weighted by molar-refractivity contribution is -0.167. The molecule has 1 atom stereocenters. The van der Waals surface area contributed by atoms with E-state index in [4.69, 9.17) is 14.2 Å². The highest BCUT2D eigenvalue weighted by Crippen LogP contribution is 2.12. The number of ether oxygens (including phenoxy) is 3. The van der Waals surface area contributed by atoms with Gasteiger partial charge < -0.3 is 14.2 Å². The summed E-state index contributed by atoms with van der Waals surface area (Å²) in [4.78, 5) is 37.9. The van der Waals surface area contributed by atoms with Crippen LogP contribution in [-0.4, -0.2) is 37.2 Å². The highest BCUT2D eigenvalue weighted by Gasteiger charge is 2.19. The van der Waals surface area contributed by atoms with Gasteiger partial charge >= 0.3 is 17.9 Å². The molecule has 0 aliphatic rings. The molecule has 0 heterocycles. The van der Waals surface area contributed by atoms with Crippen LogP contribution < -0.4 is 0 Å². The Kier molecular flexibility index (Phi) is 44.6. The van der Waals surface area contributed by atoms with E-state index in [0.717, 1.165) is 122 Å². The summed E-state index contributed by atoms with van der Waals surface area (Å²) in [5.41, 5.74) is 0. The highest BCUT2D eigenvalue weighted by atomic mass is 16.6. The van der Waals surface area contributed by atoms with E-state index >= 15 is 0 Å². The largest absolute Gasteiger partial charge is 0.462 e. The predicted octanol–water partition coefficient (Wildman–Crippen LogP) is 15.6. The smallest absolute Gasteiger partial charge is 0.306 e. The Labute approximate surface area is 368 Å². The van der Waals surface area contributed by atoms with Crippen LogP contribution >= 0.6 is 0 Å². The molecule has 60 heavy (non-hydrogen) atoms. The number of allylic oxidation sites excluding steroid dienone is 18. The lowest BCUT2D eigenvalue weighted by atomic mass is 10.1. The van der Waals surface area contributed by atoms with Crippen LogP contribution in [0.5, 0.6) is 0 Å². The van der Waals surface area contributed by atoms with Gasteiger partial charge in [0.2, 0.25) is 0 Å². The average molecular weight is 831 g/mol. The van der Waals surface area contributed by atoms with Crippen molar-refractivity contribution in [3.05, 3.63) is 109 Å². The van der Waals surface area contributed by atoms with E-state index in [9.17, 15) is 14.4 Å². The summed E-state index contributed by atoms with van der Waals surface area (Å²) in [6.45, 7) is 6.26. The van der Waals surface area contributed by atoms with Gasteiger partial charge in [-0.3, -0.25) is 14.4 Å². The van der Waals surface area contributed by atoms with Crippen molar-refractivity contribution in [3.8, 4) is 0 Å². The molecule has 0 saturated heterocycles. The average Bonchev–Trinajstić information content (AvgIpc) is 3.24. The van der Waals surface area contributed by atoms with E-state index in [-0.39, 0.29) is 31.1 Å². The number of carbonyl (C=O) groups excluding carboxylic acids is 3. The lowest BCUT2D eigenvalue weighted by Crippen LogP contribution is -2.30. The third kappa shape index (κ3) is 45.2. The number of esters is 3. The molecule has 0 saturated carbocycles. The van der Waals surface area contributed by atoms with Gasteiger partial charge in [-0.05, 0) is 96.3 Å². The maximum Gasteiger partial charge on any atom is 0.306 e. The SMILES string of the molecule is CC\C=C/C=C\C=C/C=C\CCCCCCCC(=O)OCC(COC(=O)CCCC/C=C\C/C=C\C/C=C\CC)OC(=O)CCCCCCCC/C=C\C=C/CCCCC. The zero-order chi connectivity index (χ0) is 43.7. The monoisotopic (exact) mass is 831 g/mol. The van der Waals surface area contributed by atoms with Gasteiger partial charge in [0.15, 0.2) is 6.10 Å². The summed E-state index contributed by atoms with van der Waals surface area (Å²) in [5.74, 6) is -0.993. The Hall–Kier alpha value is -3.93. The second kappa shape index (κ2) is 47.7. The lowest BCUT2D eigenvalue weighted by Gasteiger charge is -2.18. The molecule has 0 aromatic heterocycles. The van der Waals surface area contributed by atoms with Crippen molar-refractivity contribution in [2.45, 2.75) is 200 Å². The van der Waals surface area contributed by atoms with Crippen LogP contribution in [0.15, 0.2) is 109 Å². The molecule has 0 aromatic carbocycles. The minimum absolute atomic E-state index is 0.110. The van der Waals surface area contributed by atoms with Crippen molar-refractivity contribution in [2.75, 3.05) is 13.2 Å². The zero-order valence-electron chi connectivity index (χ0n) is 38.4. The molecular weight excluding hydrogens is 745 g/mol. The topological polar surface area (TPSA) is 78.9 Å². The Morgan fingerprint density at radius 2 is 0.733 bits per heavy atom. The van der Waals surface area contributed by atoms with Crippen molar-refractivity contribution in [2.24, 2.45) is 0 Å². The molecule has 0 amide bonds. The number of carbonyl (C=O) groups is 3. The van der Waals surface area contributed by atoms with Gasteiger partial charge in [0, 0.05) is 19.3 Å². The number of hydrogen-bond donors (Lipinski definition) is 0. The summed E-state index contributed by atoms with van der Waals surface area (Å²) in [5, 5.41) is 0. The fourth-order valence-electron chi connectivity index (χ4n) is 6.04. The maximum absolute atomic E-state index is 12.8. The number of hydrogen-bond acceptors (Lipinski definition) is 6. The molecule has 0 rings (SSSR count). The molecule has 1 unspecified atom stereocenters. The molecule has 0 radical (unpaired) electrons. The van der Waals surface area contributed by atoms with Crippen LogP contribution in [0.3, 0.4) is 0 Å². The fourth-order valence-corrected chi connectivity index (χ4v) is 6.04. The third-order valence-electron chi connectivity index (χ3n) is 9.61. The first-order chi connectivity index (χ1) is 29.5. The number of unbranched alkanes of at least 4 members (excludes halogenated alkanes) is 16. The van der Waals surface area contributed by atoms with Crippen molar-refractivity contribution in [1.29, 1.82) is 0 Å². The third-order valence-corrected chi connectivity index (χ3v) is 9.61.